The van der Waals surface area contributed by atoms with E-state index >= 15 is 0 Å². The first-order chi connectivity index (χ1) is 11.4. The van der Waals surface area contributed by atoms with Gasteiger partial charge in [-0.05, 0) is 37.5 Å². The maximum Gasteiger partial charge on any atom is 0.211 e. The van der Waals surface area contributed by atoms with Crippen molar-refractivity contribution in [2.45, 2.75) is 19.8 Å². The quantitative estimate of drug-likeness (QED) is 0.191. The molecule has 0 aliphatic carbocycles. The Labute approximate surface area is 174 Å². The lowest BCUT2D eigenvalue weighted by Gasteiger charge is -2.12. The van der Waals surface area contributed by atoms with Crippen molar-refractivity contribution in [3.8, 4) is 0 Å². The number of aliphatic imine (C=N–C) groups is 1. The highest BCUT2D eigenvalue weighted by molar-refractivity contribution is 14.0. The number of sulfonamides is 1. The molecule has 25 heavy (non-hydrogen) atoms. The molecule has 1 aromatic carbocycles. The normalized spacial score (nSPS) is 11.8. The van der Waals surface area contributed by atoms with E-state index in [4.69, 9.17) is 0 Å². The summed E-state index contributed by atoms with van der Waals surface area (Å²) in [5, 5.41) is 6.13. The molecule has 3 N–H and O–H groups in total. The highest BCUT2D eigenvalue weighted by Crippen LogP contribution is 2.16. The maximum absolute atomic E-state index is 13.7. The number of hydrogen-bond donors (Lipinski definition) is 3. The fraction of sp³-hybridized carbons (Fsp3) is 0.533. The molecule has 0 radical (unpaired) electrons. The van der Waals surface area contributed by atoms with Gasteiger partial charge >= 0.3 is 0 Å². The second-order valence-electron chi connectivity index (χ2n) is 5.06. The Morgan fingerprint density at radius 2 is 1.92 bits per heavy atom. The predicted molar refractivity (Wildman–Crippen MR) is 115 cm³/mol. The van der Waals surface area contributed by atoms with E-state index in [1.54, 1.807) is 20.0 Å². The van der Waals surface area contributed by atoms with Gasteiger partial charge in [-0.25, -0.2) is 17.5 Å². The van der Waals surface area contributed by atoms with E-state index in [0.717, 1.165) is 10.9 Å². The highest BCUT2D eigenvalue weighted by atomic mass is 127. The third-order valence-corrected chi connectivity index (χ3v) is 5.17. The topological polar surface area (TPSA) is 82.6 Å². The van der Waals surface area contributed by atoms with Gasteiger partial charge in [0.05, 0.1) is 5.75 Å². The summed E-state index contributed by atoms with van der Waals surface area (Å²) in [4.78, 5) is 4.05. The molecule has 0 aliphatic heterocycles. The van der Waals surface area contributed by atoms with Crippen molar-refractivity contribution in [2.75, 3.05) is 32.4 Å². The predicted octanol–water partition coefficient (Wildman–Crippen LogP) is 2.24. The molecule has 0 saturated heterocycles. The summed E-state index contributed by atoms with van der Waals surface area (Å²) in [5.41, 5.74) is 0.678. The summed E-state index contributed by atoms with van der Waals surface area (Å²) < 4.78 is 39.5. The summed E-state index contributed by atoms with van der Waals surface area (Å²) in [6, 6.07) is 5.05. The molecule has 6 nitrogen and oxygen atoms in total. The van der Waals surface area contributed by atoms with Crippen LogP contribution in [0.1, 0.15) is 18.9 Å². The molecule has 0 bridgehead atoms. The Bertz CT molecular complexity index is 659. The SMILES string of the molecule is CCS(=O)(=O)NCCNC(=NC)NCCCc1ccc(Br)cc1F.I. The van der Waals surface area contributed by atoms with Crippen LogP contribution in [0.5, 0.6) is 0 Å². The molecule has 144 valence electrons. The van der Waals surface area contributed by atoms with E-state index in [2.05, 4.69) is 36.3 Å². The van der Waals surface area contributed by atoms with Crippen molar-refractivity contribution in [3.63, 3.8) is 0 Å². The van der Waals surface area contributed by atoms with E-state index in [9.17, 15) is 12.8 Å². The van der Waals surface area contributed by atoms with Crippen LogP contribution in [0.4, 0.5) is 4.39 Å². The molecule has 0 spiro atoms. The summed E-state index contributed by atoms with van der Waals surface area (Å²) in [6.45, 7) is 2.95. The summed E-state index contributed by atoms with van der Waals surface area (Å²) in [5.74, 6) is 0.434. The van der Waals surface area contributed by atoms with Crippen LogP contribution < -0.4 is 15.4 Å². The standard InChI is InChI=1S/C15H24BrFN4O2S.HI/c1-3-24(22,23)21-10-9-20-15(18-2)19-8-4-5-12-6-7-13(16)11-14(12)17;/h6-7,11,21H,3-5,8-10H2,1-2H3,(H2,18,19,20);1H. The van der Waals surface area contributed by atoms with Crippen molar-refractivity contribution >= 4 is 55.9 Å². The molecular weight excluding hydrogens is 526 g/mol. The van der Waals surface area contributed by atoms with Crippen molar-refractivity contribution in [3.05, 3.63) is 34.1 Å². The number of guanidine groups is 1. The third kappa shape index (κ3) is 10.3. The van der Waals surface area contributed by atoms with E-state index in [1.165, 1.54) is 6.07 Å². The van der Waals surface area contributed by atoms with Crippen molar-refractivity contribution in [2.24, 2.45) is 4.99 Å². The van der Waals surface area contributed by atoms with E-state index in [-0.39, 0.29) is 35.5 Å². The first-order valence-corrected chi connectivity index (χ1v) is 10.2. The van der Waals surface area contributed by atoms with Crippen LogP contribution >= 0.6 is 39.9 Å². The Balaban J connectivity index is 0.00000576. The van der Waals surface area contributed by atoms with Gasteiger partial charge in [0.25, 0.3) is 0 Å². The van der Waals surface area contributed by atoms with Crippen LogP contribution in [0.3, 0.4) is 0 Å². The van der Waals surface area contributed by atoms with Crippen molar-refractivity contribution in [1.29, 1.82) is 0 Å². The summed E-state index contributed by atoms with van der Waals surface area (Å²) in [6.07, 6.45) is 1.38. The molecule has 1 aromatic rings. The van der Waals surface area contributed by atoms with Crippen LogP contribution in [0, 0.1) is 5.82 Å². The lowest BCUT2D eigenvalue weighted by molar-refractivity contribution is 0.581. The highest BCUT2D eigenvalue weighted by Gasteiger charge is 2.05. The molecule has 0 atom stereocenters. The van der Waals surface area contributed by atoms with Gasteiger partial charge in [0.15, 0.2) is 5.96 Å². The minimum Gasteiger partial charge on any atom is -0.356 e. The second-order valence-corrected chi connectivity index (χ2v) is 8.07. The molecule has 1 rings (SSSR count). The van der Waals surface area contributed by atoms with E-state index < -0.39 is 10.0 Å². The maximum atomic E-state index is 13.7. The Hall–Kier alpha value is -0.460. The van der Waals surface area contributed by atoms with Gasteiger partial charge < -0.3 is 10.6 Å². The average molecular weight is 551 g/mol. The fourth-order valence-electron chi connectivity index (χ4n) is 1.92. The molecular formula is C15H25BrFIN4O2S. The average Bonchev–Trinajstić information content (AvgIpc) is 2.55. The number of aryl methyl sites for hydroxylation is 1. The van der Waals surface area contributed by atoms with Gasteiger partial charge in [-0.1, -0.05) is 22.0 Å². The van der Waals surface area contributed by atoms with Gasteiger partial charge in [-0.2, -0.15) is 0 Å². The molecule has 0 aromatic heterocycles. The summed E-state index contributed by atoms with van der Waals surface area (Å²) in [7, 11) is -1.53. The van der Waals surface area contributed by atoms with Crippen molar-refractivity contribution < 1.29 is 12.8 Å². The van der Waals surface area contributed by atoms with Gasteiger partial charge in [0.1, 0.15) is 5.82 Å². The van der Waals surface area contributed by atoms with Crippen LogP contribution in [0.25, 0.3) is 0 Å². The van der Waals surface area contributed by atoms with Crippen LogP contribution in [0.2, 0.25) is 0 Å². The lowest BCUT2D eigenvalue weighted by Crippen LogP contribution is -2.42. The van der Waals surface area contributed by atoms with Gasteiger partial charge in [-0.15, -0.1) is 24.0 Å². The minimum atomic E-state index is -3.17. The molecule has 0 unspecified atom stereocenters. The molecule has 0 aliphatic rings. The zero-order chi connectivity index (χ0) is 18.0. The van der Waals surface area contributed by atoms with E-state index in [1.807, 2.05) is 6.07 Å². The van der Waals surface area contributed by atoms with Gasteiger partial charge in [-0.3, -0.25) is 4.99 Å². The number of benzene rings is 1. The zero-order valence-corrected chi connectivity index (χ0v) is 19.0. The smallest absolute Gasteiger partial charge is 0.211 e. The number of halogens is 3. The largest absolute Gasteiger partial charge is 0.356 e. The molecule has 0 fully saturated rings. The number of nitrogens with zero attached hydrogens (tertiary/aromatic N) is 1. The zero-order valence-electron chi connectivity index (χ0n) is 14.3. The lowest BCUT2D eigenvalue weighted by atomic mass is 10.1. The molecule has 0 amide bonds. The van der Waals surface area contributed by atoms with Crippen molar-refractivity contribution in [1.82, 2.24) is 15.4 Å². The Morgan fingerprint density at radius 1 is 1.24 bits per heavy atom. The Morgan fingerprint density at radius 3 is 2.52 bits per heavy atom. The summed E-state index contributed by atoms with van der Waals surface area (Å²) >= 11 is 3.23. The van der Waals surface area contributed by atoms with Crippen LogP contribution in [0.15, 0.2) is 27.7 Å². The monoisotopic (exact) mass is 550 g/mol. The van der Waals surface area contributed by atoms with E-state index in [0.29, 0.717) is 37.6 Å². The first kappa shape index (κ1) is 24.5. The minimum absolute atomic E-state index is 0. The number of nitrogens with one attached hydrogen (secondary N) is 3. The van der Waals surface area contributed by atoms with Crippen LogP contribution in [-0.4, -0.2) is 46.8 Å². The number of hydrogen-bond acceptors (Lipinski definition) is 3. The first-order valence-electron chi connectivity index (χ1n) is 7.73. The second kappa shape index (κ2) is 12.8. The fourth-order valence-corrected chi connectivity index (χ4v) is 2.87. The molecule has 0 heterocycles. The molecule has 0 saturated carbocycles. The van der Waals surface area contributed by atoms with Gasteiger partial charge in [0, 0.05) is 31.2 Å². The Kier molecular flexibility index (Phi) is 12.6. The van der Waals surface area contributed by atoms with Crippen LogP contribution in [-0.2, 0) is 16.4 Å². The number of rotatable bonds is 9. The third-order valence-electron chi connectivity index (χ3n) is 3.27. The molecule has 10 heteroatoms. The van der Waals surface area contributed by atoms with Gasteiger partial charge in [0.2, 0.25) is 10.0 Å².